The van der Waals surface area contributed by atoms with Gasteiger partial charge in [-0.3, -0.25) is 9.59 Å². The lowest BCUT2D eigenvalue weighted by Gasteiger charge is -2.28. The van der Waals surface area contributed by atoms with E-state index in [1.807, 2.05) is 18.2 Å². The minimum Gasteiger partial charge on any atom is -0.310 e. The number of hydrogen-bond acceptors (Lipinski definition) is 3. The Bertz CT molecular complexity index is 517. The van der Waals surface area contributed by atoms with Crippen LogP contribution in [0.2, 0.25) is 0 Å². The molecule has 2 heterocycles. The van der Waals surface area contributed by atoms with E-state index in [-0.39, 0.29) is 16.5 Å². The molecular formula is C12H10BrNO2S. The molecule has 2 aliphatic heterocycles. The molecule has 1 unspecified atom stereocenters. The second-order valence-electron chi connectivity index (χ2n) is 4.11. The summed E-state index contributed by atoms with van der Waals surface area (Å²) in [6.07, 6.45) is 0.670. The van der Waals surface area contributed by atoms with Gasteiger partial charge in [-0.05, 0) is 18.6 Å². The third kappa shape index (κ3) is 1.72. The molecule has 0 saturated heterocycles. The molecule has 0 aromatic heterocycles. The van der Waals surface area contributed by atoms with Crippen LogP contribution in [0.1, 0.15) is 16.8 Å². The van der Waals surface area contributed by atoms with Crippen molar-refractivity contribution in [1.82, 2.24) is 0 Å². The van der Waals surface area contributed by atoms with Gasteiger partial charge in [-0.2, -0.15) is 0 Å². The summed E-state index contributed by atoms with van der Waals surface area (Å²) in [4.78, 5) is 26.7. The Kier molecular flexibility index (Phi) is 2.75. The molecule has 0 spiro atoms. The number of benzene rings is 1. The number of nitrogens with zero attached hydrogens (tertiary/aromatic N) is 1. The number of anilines is 1. The number of rotatable bonds is 0. The van der Waals surface area contributed by atoms with E-state index < -0.39 is 0 Å². The summed E-state index contributed by atoms with van der Waals surface area (Å²) in [5, 5.41) is 0. The first kappa shape index (κ1) is 11.3. The molecule has 0 aliphatic carbocycles. The van der Waals surface area contributed by atoms with Crippen molar-refractivity contribution >= 4 is 45.1 Å². The minimum atomic E-state index is -0.183. The van der Waals surface area contributed by atoms with Crippen LogP contribution in [-0.2, 0) is 4.79 Å². The Balaban J connectivity index is 2.23. The summed E-state index contributed by atoms with van der Waals surface area (Å²) in [7, 11) is 0. The Morgan fingerprint density at radius 2 is 2.18 bits per heavy atom. The van der Waals surface area contributed by atoms with E-state index in [0.29, 0.717) is 24.3 Å². The first-order valence-electron chi connectivity index (χ1n) is 5.43. The van der Waals surface area contributed by atoms with Crippen LogP contribution in [0.3, 0.4) is 0 Å². The maximum absolute atomic E-state index is 12.2. The number of ketones is 1. The molecule has 5 heteroatoms. The zero-order valence-electron chi connectivity index (χ0n) is 8.98. The van der Waals surface area contributed by atoms with Gasteiger partial charge in [0.25, 0.3) is 0 Å². The van der Waals surface area contributed by atoms with E-state index in [1.165, 1.54) is 11.8 Å². The maximum Gasteiger partial charge on any atom is 0.237 e. The van der Waals surface area contributed by atoms with Gasteiger partial charge in [0, 0.05) is 17.0 Å². The molecular weight excluding hydrogens is 302 g/mol. The molecule has 88 valence electrons. The average Bonchev–Trinajstić information content (AvgIpc) is 2.47. The number of para-hydroxylation sites is 1. The zero-order chi connectivity index (χ0) is 12.0. The van der Waals surface area contributed by atoms with Crippen molar-refractivity contribution in [3.8, 4) is 0 Å². The number of amides is 1. The Morgan fingerprint density at radius 3 is 3.00 bits per heavy atom. The van der Waals surface area contributed by atoms with Crippen molar-refractivity contribution < 1.29 is 9.59 Å². The van der Waals surface area contributed by atoms with Crippen molar-refractivity contribution in [3.05, 3.63) is 23.8 Å². The highest BCUT2D eigenvalue weighted by Crippen LogP contribution is 2.40. The summed E-state index contributed by atoms with van der Waals surface area (Å²) >= 11 is 4.92. The van der Waals surface area contributed by atoms with E-state index in [4.69, 9.17) is 0 Å². The van der Waals surface area contributed by atoms with Gasteiger partial charge in [0.2, 0.25) is 5.91 Å². The average molecular weight is 312 g/mol. The highest BCUT2D eigenvalue weighted by molar-refractivity contribution is 9.10. The number of alkyl halides is 1. The lowest BCUT2D eigenvalue weighted by atomic mass is 10.1. The topological polar surface area (TPSA) is 37.4 Å². The van der Waals surface area contributed by atoms with Gasteiger partial charge >= 0.3 is 0 Å². The molecule has 1 aromatic rings. The molecule has 3 nitrogen and oxygen atoms in total. The van der Waals surface area contributed by atoms with Crippen molar-refractivity contribution in [2.45, 2.75) is 16.1 Å². The van der Waals surface area contributed by atoms with Crippen LogP contribution < -0.4 is 4.90 Å². The van der Waals surface area contributed by atoms with E-state index >= 15 is 0 Å². The summed E-state index contributed by atoms with van der Waals surface area (Å²) in [5.41, 5.74) is 1.49. The molecule has 1 aromatic carbocycles. The van der Waals surface area contributed by atoms with Gasteiger partial charge in [0.05, 0.1) is 16.3 Å². The first-order chi connectivity index (χ1) is 8.18. The highest BCUT2D eigenvalue weighted by atomic mass is 79.9. The van der Waals surface area contributed by atoms with E-state index in [9.17, 15) is 9.59 Å². The second kappa shape index (κ2) is 4.14. The van der Waals surface area contributed by atoms with Gasteiger partial charge in [-0.15, -0.1) is 11.8 Å². The number of carbonyl (C=O) groups is 2. The van der Waals surface area contributed by atoms with Crippen LogP contribution in [0.5, 0.6) is 0 Å². The number of hydrogen-bond donors (Lipinski definition) is 0. The van der Waals surface area contributed by atoms with E-state index in [0.717, 1.165) is 10.6 Å². The molecule has 17 heavy (non-hydrogen) atoms. The van der Waals surface area contributed by atoms with Crippen LogP contribution in [0.4, 0.5) is 5.69 Å². The molecule has 0 fully saturated rings. The molecule has 1 amide bonds. The van der Waals surface area contributed by atoms with Crippen LogP contribution in [0.15, 0.2) is 23.1 Å². The second-order valence-corrected chi connectivity index (χ2v) is 6.23. The molecule has 3 rings (SSSR count). The number of Topliss-reactive ketones (excluding diaryl/α,β-unsaturated/α-hetero) is 1. The van der Waals surface area contributed by atoms with Crippen molar-refractivity contribution in [3.63, 3.8) is 0 Å². The molecule has 0 bridgehead atoms. The van der Waals surface area contributed by atoms with Crippen LogP contribution in [0, 0.1) is 0 Å². The Morgan fingerprint density at radius 1 is 1.35 bits per heavy atom. The summed E-state index contributed by atoms with van der Waals surface area (Å²) in [6, 6.07) is 5.68. The van der Waals surface area contributed by atoms with Gasteiger partial charge in [0.1, 0.15) is 0 Å². The molecule has 0 saturated carbocycles. The fourth-order valence-electron chi connectivity index (χ4n) is 2.24. The zero-order valence-corrected chi connectivity index (χ0v) is 11.4. The molecule has 0 N–H and O–H groups in total. The third-order valence-corrected chi connectivity index (χ3v) is 4.98. The smallest absolute Gasteiger partial charge is 0.237 e. The van der Waals surface area contributed by atoms with Crippen LogP contribution in [-0.4, -0.2) is 28.8 Å². The normalized spacial score (nSPS) is 23.4. The van der Waals surface area contributed by atoms with E-state index in [2.05, 4.69) is 15.9 Å². The van der Waals surface area contributed by atoms with Gasteiger partial charge in [0.15, 0.2) is 5.78 Å². The highest BCUT2D eigenvalue weighted by Gasteiger charge is 2.34. The van der Waals surface area contributed by atoms with Crippen LogP contribution >= 0.6 is 27.7 Å². The van der Waals surface area contributed by atoms with Gasteiger partial charge in [-0.25, -0.2) is 0 Å². The standard InChI is InChI=1S/C12H10BrNO2S/c13-8-4-5-14-10(15)6-17-9-3-1-2-7(11(9)14)12(8)16/h1-3,8H,4-6H2. The number of thioether (sulfide) groups is 1. The van der Waals surface area contributed by atoms with Crippen LogP contribution in [0.25, 0.3) is 0 Å². The van der Waals surface area contributed by atoms with Crippen molar-refractivity contribution in [2.75, 3.05) is 17.2 Å². The molecule has 2 aliphatic rings. The lowest BCUT2D eigenvalue weighted by molar-refractivity contribution is -0.116. The number of carbonyl (C=O) groups excluding carboxylic acids is 2. The fourth-order valence-corrected chi connectivity index (χ4v) is 3.65. The monoisotopic (exact) mass is 311 g/mol. The minimum absolute atomic E-state index is 0.0830. The van der Waals surface area contributed by atoms with Crippen molar-refractivity contribution in [1.29, 1.82) is 0 Å². The predicted molar refractivity (Wildman–Crippen MR) is 71.2 cm³/mol. The predicted octanol–water partition coefficient (Wildman–Crippen LogP) is 2.48. The summed E-state index contributed by atoms with van der Waals surface area (Å²) < 4.78 is 0. The maximum atomic E-state index is 12.2. The summed E-state index contributed by atoms with van der Waals surface area (Å²) in [6.45, 7) is 0.616. The SMILES string of the molecule is O=C1c2cccc3c2N(CCC1Br)C(=O)CS3. The Hall–Kier alpha value is -0.810. The first-order valence-corrected chi connectivity index (χ1v) is 7.33. The summed E-state index contributed by atoms with van der Waals surface area (Å²) in [5.74, 6) is 0.654. The third-order valence-electron chi connectivity index (χ3n) is 3.08. The number of halogens is 1. The largest absolute Gasteiger partial charge is 0.310 e. The van der Waals surface area contributed by atoms with Crippen molar-refractivity contribution in [2.24, 2.45) is 0 Å². The molecule has 1 atom stereocenters. The van der Waals surface area contributed by atoms with E-state index in [1.54, 1.807) is 4.90 Å². The quantitative estimate of drug-likeness (QED) is 0.691. The van der Waals surface area contributed by atoms with Gasteiger partial charge < -0.3 is 4.90 Å². The van der Waals surface area contributed by atoms with Gasteiger partial charge in [-0.1, -0.05) is 22.0 Å². The molecule has 0 radical (unpaired) electrons. The lowest BCUT2D eigenvalue weighted by Crippen LogP contribution is -2.36. The fraction of sp³-hybridized carbons (Fsp3) is 0.333. The Labute approximate surface area is 112 Å².